The monoisotopic (exact) mass is 350 g/mol. The Labute approximate surface area is 151 Å². The van der Waals surface area contributed by atoms with Crippen molar-refractivity contribution in [2.45, 2.75) is 0 Å². The maximum atomic E-state index is 13.7. The van der Waals surface area contributed by atoms with Gasteiger partial charge in [0.25, 0.3) is 0 Å². The Hall–Kier alpha value is -3.15. The number of rotatable bonds is 2. The van der Waals surface area contributed by atoms with Crippen molar-refractivity contribution >= 4 is 28.3 Å². The van der Waals surface area contributed by atoms with Crippen LogP contribution in [0.25, 0.3) is 10.9 Å². The summed E-state index contributed by atoms with van der Waals surface area (Å²) in [5, 5.41) is 3.75. The number of fused-ring (bicyclic) bond motifs is 1. The van der Waals surface area contributed by atoms with Crippen molar-refractivity contribution in [2.24, 2.45) is 0 Å². The van der Waals surface area contributed by atoms with Gasteiger partial charge in [-0.1, -0.05) is 30.3 Å². The molecule has 2 amide bonds. The summed E-state index contributed by atoms with van der Waals surface area (Å²) in [6.45, 7) is 2.56. The van der Waals surface area contributed by atoms with E-state index in [1.807, 2.05) is 24.3 Å². The van der Waals surface area contributed by atoms with Crippen LogP contribution >= 0.6 is 0 Å². The minimum Gasteiger partial charge on any atom is -0.366 e. The number of para-hydroxylation sites is 2. The van der Waals surface area contributed by atoms with Gasteiger partial charge in [0.2, 0.25) is 0 Å². The molecule has 1 saturated heterocycles. The quantitative estimate of drug-likeness (QED) is 0.766. The zero-order chi connectivity index (χ0) is 17.9. The molecule has 2 heterocycles. The fourth-order valence-corrected chi connectivity index (χ4v) is 3.25. The zero-order valence-electron chi connectivity index (χ0n) is 14.2. The molecule has 0 saturated carbocycles. The van der Waals surface area contributed by atoms with Crippen molar-refractivity contribution in [3.8, 4) is 0 Å². The van der Waals surface area contributed by atoms with Crippen LogP contribution in [0.3, 0.4) is 0 Å². The predicted molar refractivity (Wildman–Crippen MR) is 101 cm³/mol. The standard InChI is InChI=1S/C20H19FN4O/c21-16-7-1-2-8-17(16)23-20(26)25-13-11-24(12-14-25)18-9-3-5-15-6-4-10-22-19(15)18/h1-10H,11-14H2,(H,23,26). The van der Waals surface area contributed by atoms with E-state index in [2.05, 4.69) is 21.3 Å². The molecule has 5 nitrogen and oxygen atoms in total. The Morgan fingerprint density at radius 3 is 2.54 bits per heavy atom. The van der Waals surface area contributed by atoms with Gasteiger partial charge in [0.05, 0.1) is 16.9 Å². The van der Waals surface area contributed by atoms with Gasteiger partial charge < -0.3 is 15.1 Å². The molecular weight excluding hydrogens is 331 g/mol. The number of benzene rings is 2. The normalized spacial score (nSPS) is 14.5. The number of carbonyl (C=O) groups excluding carboxylic acids is 1. The molecule has 1 aliphatic rings. The molecule has 0 aliphatic carbocycles. The predicted octanol–water partition coefficient (Wildman–Crippen LogP) is 3.73. The van der Waals surface area contributed by atoms with Crippen LogP contribution in [0.5, 0.6) is 0 Å². The number of hydrogen-bond donors (Lipinski definition) is 1. The highest BCUT2D eigenvalue weighted by molar-refractivity contribution is 5.91. The van der Waals surface area contributed by atoms with Crippen LogP contribution < -0.4 is 10.2 Å². The summed E-state index contributed by atoms with van der Waals surface area (Å²) in [4.78, 5) is 20.8. The summed E-state index contributed by atoms with van der Waals surface area (Å²) in [5.74, 6) is -0.429. The summed E-state index contributed by atoms with van der Waals surface area (Å²) in [5.41, 5.74) is 2.26. The molecule has 3 aromatic rings. The lowest BCUT2D eigenvalue weighted by atomic mass is 10.1. The number of pyridine rings is 1. The first-order chi connectivity index (χ1) is 12.7. The lowest BCUT2D eigenvalue weighted by Crippen LogP contribution is -2.50. The molecule has 0 unspecified atom stereocenters. The fraction of sp³-hybridized carbons (Fsp3) is 0.200. The molecular formula is C20H19FN4O. The molecule has 1 fully saturated rings. The second-order valence-electron chi connectivity index (χ2n) is 6.24. The zero-order valence-corrected chi connectivity index (χ0v) is 14.2. The van der Waals surface area contributed by atoms with Crippen LogP contribution in [-0.4, -0.2) is 42.1 Å². The third-order valence-electron chi connectivity index (χ3n) is 4.63. The Kier molecular flexibility index (Phi) is 4.39. The van der Waals surface area contributed by atoms with Gasteiger partial charge >= 0.3 is 6.03 Å². The van der Waals surface area contributed by atoms with Crippen LogP contribution in [0.15, 0.2) is 60.8 Å². The molecule has 1 aliphatic heterocycles. The molecule has 6 heteroatoms. The number of nitrogens with zero attached hydrogens (tertiary/aromatic N) is 3. The fourth-order valence-electron chi connectivity index (χ4n) is 3.25. The summed E-state index contributed by atoms with van der Waals surface area (Å²) in [7, 11) is 0. The van der Waals surface area contributed by atoms with E-state index in [1.54, 1.807) is 29.3 Å². The van der Waals surface area contributed by atoms with Crippen LogP contribution in [0, 0.1) is 5.82 Å². The van der Waals surface area contributed by atoms with E-state index in [1.165, 1.54) is 6.07 Å². The lowest BCUT2D eigenvalue weighted by molar-refractivity contribution is 0.208. The van der Waals surface area contributed by atoms with E-state index in [9.17, 15) is 9.18 Å². The largest absolute Gasteiger partial charge is 0.366 e. The first kappa shape index (κ1) is 16.3. The number of anilines is 2. The molecule has 26 heavy (non-hydrogen) atoms. The Bertz CT molecular complexity index is 933. The Morgan fingerprint density at radius 2 is 1.73 bits per heavy atom. The molecule has 132 valence electrons. The van der Waals surface area contributed by atoms with Gasteiger partial charge in [-0.2, -0.15) is 0 Å². The number of hydrogen-bond acceptors (Lipinski definition) is 3. The van der Waals surface area contributed by atoms with Crippen molar-refractivity contribution in [3.05, 3.63) is 66.6 Å². The van der Waals surface area contributed by atoms with E-state index >= 15 is 0 Å². The van der Waals surface area contributed by atoms with Crippen molar-refractivity contribution in [3.63, 3.8) is 0 Å². The SMILES string of the molecule is O=C(Nc1ccccc1F)N1CCN(c2cccc3cccnc23)CC1. The third kappa shape index (κ3) is 3.18. The van der Waals surface area contributed by atoms with Crippen molar-refractivity contribution in [1.82, 2.24) is 9.88 Å². The van der Waals surface area contributed by atoms with Gasteiger partial charge in [0.1, 0.15) is 5.82 Å². The maximum absolute atomic E-state index is 13.7. The smallest absolute Gasteiger partial charge is 0.322 e. The van der Waals surface area contributed by atoms with Gasteiger partial charge in [-0.25, -0.2) is 9.18 Å². The molecule has 0 atom stereocenters. The minimum absolute atomic E-state index is 0.207. The van der Waals surface area contributed by atoms with Crippen molar-refractivity contribution < 1.29 is 9.18 Å². The van der Waals surface area contributed by atoms with Crippen LogP contribution in [-0.2, 0) is 0 Å². The highest BCUT2D eigenvalue weighted by Gasteiger charge is 2.23. The molecule has 2 aromatic carbocycles. The molecule has 1 N–H and O–H groups in total. The number of piperazine rings is 1. The van der Waals surface area contributed by atoms with Crippen LogP contribution in [0.4, 0.5) is 20.6 Å². The summed E-state index contributed by atoms with van der Waals surface area (Å²) in [6, 6.07) is 16.0. The number of urea groups is 1. The highest BCUT2D eigenvalue weighted by atomic mass is 19.1. The molecule has 1 aromatic heterocycles. The van der Waals surface area contributed by atoms with Gasteiger partial charge in [0, 0.05) is 37.8 Å². The average Bonchev–Trinajstić information content (AvgIpc) is 2.69. The van der Waals surface area contributed by atoms with Crippen LogP contribution in [0.2, 0.25) is 0 Å². The summed E-state index contributed by atoms with van der Waals surface area (Å²) < 4.78 is 13.7. The topological polar surface area (TPSA) is 48.5 Å². The molecule has 0 bridgehead atoms. The van der Waals surface area contributed by atoms with Gasteiger partial charge in [-0.05, 0) is 24.3 Å². The van der Waals surface area contributed by atoms with E-state index in [4.69, 9.17) is 0 Å². The third-order valence-corrected chi connectivity index (χ3v) is 4.63. The number of carbonyl (C=O) groups is 1. The highest BCUT2D eigenvalue weighted by Crippen LogP contribution is 2.25. The van der Waals surface area contributed by atoms with E-state index < -0.39 is 5.82 Å². The number of aromatic nitrogens is 1. The van der Waals surface area contributed by atoms with Gasteiger partial charge in [-0.15, -0.1) is 0 Å². The van der Waals surface area contributed by atoms with E-state index in [-0.39, 0.29) is 11.7 Å². The lowest BCUT2D eigenvalue weighted by Gasteiger charge is -2.36. The average molecular weight is 350 g/mol. The molecule has 4 rings (SSSR count). The number of nitrogens with one attached hydrogen (secondary N) is 1. The first-order valence-electron chi connectivity index (χ1n) is 8.61. The Balaban J connectivity index is 1.44. The van der Waals surface area contributed by atoms with Crippen molar-refractivity contribution in [2.75, 3.05) is 36.4 Å². The number of halogens is 1. The maximum Gasteiger partial charge on any atom is 0.322 e. The van der Waals surface area contributed by atoms with Gasteiger partial charge in [0.15, 0.2) is 0 Å². The first-order valence-corrected chi connectivity index (χ1v) is 8.61. The minimum atomic E-state index is -0.429. The second-order valence-corrected chi connectivity index (χ2v) is 6.24. The summed E-state index contributed by atoms with van der Waals surface area (Å²) in [6.07, 6.45) is 1.80. The molecule has 0 radical (unpaired) electrons. The van der Waals surface area contributed by atoms with E-state index in [0.717, 1.165) is 16.6 Å². The van der Waals surface area contributed by atoms with Gasteiger partial charge in [-0.3, -0.25) is 4.98 Å². The molecule has 0 spiro atoms. The van der Waals surface area contributed by atoms with Crippen molar-refractivity contribution in [1.29, 1.82) is 0 Å². The van der Waals surface area contributed by atoms with E-state index in [0.29, 0.717) is 26.2 Å². The van der Waals surface area contributed by atoms with Crippen LogP contribution in [0.1, 0.15) is 0 Å². The number of amides is 2. The second kappa shape index (κ2) is 7.00. The Morgan fingerprint density at radius 1 is 0.962 bits per heavy atom. The summed E-state index contributed by atoms with van der Waals surface area (Å²) >= 11 is 0.